The largest absolute Gasteiger partial charge is 0.444 e. The standard InChI is InChI=1S/C11H20N2O2/c1-6-12(4)7-8(2)10-9(3)13(5)11(14)15-10/h6,8-10H,1,7H2,2-5H3. The third kappa shape index (κ3) is 2.43. The van der Waals surface area contributed by atoms with Gasteiger partial charge in [-0.3, -0.25) is 0 Å². The molecule has 4 nitrogen and oxygen atoms in total. The van der Waals surface area contributed by atoms with Crippen LogP contribution in [0.5, 0.6) is 0 Å². The molecule has 0 N–H and O–H groups in total. The van der Waals surface area contributed by atoms with E-state index in [0.717, 1.165) is 6.54 Å². The maximum absolute atomic E-state index is 11.3. The van der Waals surface area contributed by atoms with E-state index >= 15 is 0 Å². The molecule has 3 unspecified atom stereocenters. The number of ether oxygens (including phenoxy) is 1. The van der Waals surface area contributed by atoms with Crippen molar-refractivity contribution in [1.82, 2.24) is 9.80 Å². The molecule has 86 valence electrons. The van der Waals surface area contributed by atoms with E-state index in [-0.39, 0.29) is 18.2 Å². The molecule has 0 spiro atoms. The number of hydrogen-bond acceptors (Lipinski definition) is 3. The molecule has 0 bridgehead atoms. The zero-order chi connectivity index (χ0) is 11.6. The van der Waals surface area contributed by atoms with Gasteiger partial charge in [-0.25, -0.2) is 4.79 Å². The number of likely N-dealkylation sites (N-methyl/N-ethyl adjacent to an activating group) is 1. The number of hydrogen-bond donors (Lipinski definition) is 0. The van der Waals surface area contributed by atoms with Crippen molar-refractivity contribution in [3.05, 3.63) is 12.8 Å². The Morgan fingerprint density at radius 2 is 2.33 bits per heavy atom. The van der Waals surface area contributed by atoms with Crippen LogP contribution >= 0.6 is 0 Å². The summed E-state index contributed by atoms with van der Waals surface area (Å²) in [6.07, 6.45) is 1.53. The maximum atomic E-state index is 11.3. The monoisotopic (exact) mass is 212 g/mol. The summed E-state index contributed by atoms with van der Waals surface area (Å²) in [4.78, 5) is 15.0. The topological polar surface area (TPSA) is 32.8 Å². The minimum absolute atomic E-state index is 0.0232. The van der Waals surface area contributed by atoms with E-state index < -0.39 is 0 Å². The van der Waals surface area contributed by atoms with E-state index in [2.05, 4.69) is 13.5 Å². The predicted octanol–water partition coefficient (Wildman–Crippen LogP) is 1.54. The van der Waals surface area contributed by atoms with Crippen LogP contribution in [-0.2, 0) is 4.74 Å². The van der Waals surface area contributed by atoms with Crippen LogP contribution in [0.25, 0.3) is 0 Å². The second-order valence-electron chi connectivity index (χ2n) is 4.30. The number of carbonyl (C=O) groups is 1. The Bertz CT molecular complexity index is 255. The van der Waals surface area contributed by atoms with E-state index in [4.69, 9.17) is 4.74 Å². The van der Waals surface area contributed by atoms with Crippen LogP contribution in [0.3, 0.4) is 0 Å². The van der Waals surface area contributed by atoms with Gasteiger partial charge < -0.3 is 14.5 Å². The molecule has 0 aliphatic carbocycles. The number of carbonyl (C=O) groups excluding carboxylic acids is 1. The molecular weight excluding hydrogens is 192 g/mol. The number of amides is 1. The van der Waals surface area contributed by atoms with Gasteiger partial charge in [-0.05, 0) is 13.1 Å². The summed E-state index contributed by atoms with van der Waals surface area (Å²) in [5.41, 5.74) is 0. The van der Waals surface area contributed by atoms with Crippen LogP contribution in [0.15, 0.2) is 12.8 Å². The second-order valence-corrected chi connectivity index (χ2v) is 4.30. The molecule has 0 radical (unpaired) electrons. The fourth-order valence-corrected chi connectivity index (χ4v) is 1.91. The van der Waals surface area contributed by atoms with Crippen LogP contribution in [0, 0.1) is 5.92 Å². The number of nitrogens with zero attached hydrogens (tertiary/aromatic N) is 2. The zero-order valence-corrected chi connectivity index (χ0v) is 9.93. The van der Waals surface area contributed by atoms with Crippen LogP contribution in [0.1, 0.15) is 13.8 Å². The minimum Gasteiger partial charge on any atom is -0.444 e. The van der Waals surface area contributed by atoms with Gasteiger partial charge in [-0.2, -0.15) is 0 Å². The first-order chi connectivity index (χ1) is 6.97. The first kappa shape index (κ1) is 11.9. The fourth-order valence-electron chi connectivity index (χ4n) is 1.91. The Hall–Kier alpha value is -1.19. The van der Waals surface area contributed by atoms with Crippen LogP contribution in [0.2, 0.25) is 0 Å². The van der Waals surface area contributed by atoms with Crippen molar-refractivity contribution in [2.75, 3.05) is 20.6 Å². The van der Waals surface area contributed by atoms with E-state index in [0.29, 0.717) is 5.92 Å². The lowest BCUT2D eigenvalue weighted by Crippen LogP contribution is -2.37. The van der Waals surface area contributed by atoms with Gasteiger partial charge in [0.15, 0.2) is 0 Å². The van der Waals surface area contributed by atoms with Crippen molar-refractivity contribution in [3.63, 3.8) is 0 Å². The van der Waals surface area contributed by atoms with Gasteiger partial charge in [-0.15, -0.1) is 0 Å². The second kappa shape index (κ2) is 4.55. The highest BCUT2D eigenvalue weighted by Gasteiger charge is 2.39. The molecule has 1 aliphatic heterocycles. The summed E-state index contributed by atoms with van der Waals surface area (Å²) in [6, 6.07) is 0.144. The molecule has 0 aromatic heterocycles. The minimum atomic E-state index is -0.222. The van der Waals surface area contributed by atoms with Crippen molar-refractivity contribution in [2.24, 2.45) is 5.92 Å². The Kier molecular flexibility index (Phi) is 3.61. The van der Waals surface area contributed by atoms with E-state index in [1.807, 2.05) is 18.9 Å². The van der Waals surface area contributed by atoms with Crippen molar-refractivity contribution in [3.8, 4) is 0 Å². The van der Waals surface area contributed by atoms with Crippen molar-refractivity contribution in [1.29, 1.82) is 0 Å². The first-order valence-corrected chi connectivity index (χ1v) is 5.23. The third-order valence-corrected chi connectivity index (χ3v) is 3.06. The van der Waals surface area contributed by atoms with Gasteiger partial charge in [0.25, 0.3) is 0 Å². The normalized spacial score (nSPS) is 27.5. The molecule has 1 aliphatic rings. The third-order valence-electron chi connectivity index (χ3n) is 3.06. The lowest BCUT2D eigenvalue weighted by Gasteiger charge is -2.26. The Balaban J connectivity index is 2.57. The molecule has 1 saturated heterocycles. The van der Waals surface area contributed by atoms with Crippen LogP contribution in [-0.4, -0.2) is 48.7 Å². The Labute approximate surface area is 91.5 Å². The Morgan fingerprint density at radius 3 is 2.73 bits per heavy atom. The quantitative estimate of drug-likeness (QED) is 0.708. The SMILES string of the molecule is C=CN(C)CC(C)C1OC(=O)N(C)C1C. The molecule has 4 heteroatoms. The number of rotatable bonds is 4. The summed E-state index contributed by atoms with van der Waals surface area (Å²) in [5, 5.41) is 0. The lowest BCUT2D eigenvalue weighted by molar-refractivity contribution is 0.0901. The zero-order valence-electron chi connectivity index (χ0n) is 9.93. The number of cyclic esters (lactones) is 1. The Morgan fingerprint density at radius 1 is 1.73 bits per heavy atom. The summed E-state index contributed by atoms with van der Waals surface area (Å²) in [5.74, 6) is 0.303. The predicted molar refractivity (Wildman–Crippen MR) is 59.5 cm³/mol. The molecule has 1 rings (SSSR count). The van der Waals surface area contributed by atoms with Crippen molar-refractivity contribution < 1.29 is 9.53 Å². The lowest BCUT2D eigenvalue weighted by atomic mass is 9.98. The molecule has 0 saturated carbocycles. The summed E-state index contributed by atoms with van der Waals surface area (Å²) in [6.45, 7) is 8.65. The van der Waals surface area contributed by atoms with Gasteiger partial charge in [0.1, 0.15) is 6.10 Å². The van der Waals surface area contributed by atoms with Crippen LogP contribution in [0.4, 0.5) is 4.79 Å². The smallest absolute Gasteiger partial charge is 0.410 e. The molecular formula is C11H20N2O2. The van der Waals surface area contributed by atoms with E-state index in [1.165, 1.54) is 0 Å². The molecule has 0 aromatic rings. The molecule has 3 atom stereocenters. The van der Waals surface area contributed by atoms with Gasteiger partial charge in [0, 0.05) is 26.6 Å². The first-order valence-electron chi connectivity index (χ1n) is 5.23. The van der Waals surface area contributed by atoms with Crippen molar-refractivity contribution >= 4 is 6.09 Å². The highest BCUT2D eigenvalue weighted by Crippen LogP contribution is 2.23. The molecule has 15 heavy (non-hydrogen) atoms. The molecule has 0 aromatic carbocycles. The van der Waals surface area contributed by atoms with Gasteiger partial charge in [0.05, 0.1) is 6.04 Å². The molecule has 1 heterocycles. The summed E-state index contributed by atoms with van der Waals surface area (Å²) >= 11 is 0. The van der Waals surface area contributed by atoms with Gasteiger partial charge >= 0.3 is 6.09 Å². The fraction of sp³-hybridized carbons (Fsp3) is 0.727. The molecule has 1 amide bonds. The van der Waals surface area contributed by atoms with Crippen molar-refractivity contribution in [2.45, 2.75) is 26.0 Å². The average Bonchev–Trinajstić information content (AvgIpc) is 2.45. The average molecular weight is 212 g/mol. The summed E-state index contributed by atoms with van der Waals surface area (Å²) in [7, 11) is 3.74. The highest BCUT2D eigenvalue weighted by molar-refractivity contribution is 5.70. The van der Waals surface area contributed by atoms with Gasteiger partial charge in [0.2, 0.25) is 0 Å². The molecule has 1 fully saturated rings. The summed E-state index contributed by atoms with van der Waals surface area (Å²) < 4.78 is 5.32. The van der Waals surface area contributed by atoms with E-state index in [9.17, 15) is 4.79 Å². The van der Waals surface area contributed by atoms with Crippen LogP contribution < -0.4 is 0 Å². The maximum Gasteiger partial charge on any atom is 0.410 e. The van der Waals surface area contributed by atoms with Gasteiger partial charge in [-0.1, -0.05) is 13.5 Å². The van der Waals surface area contributed by atoms with E-state index in [1.54, 1.807) is 18.1 Å². The highest BCUT2D eigenvalue weighted by atomic mass is 16.6.